The van der Waals surface area contributed by atoms with Gasteiger partial charge in [0.25, 0.3) is 0 Å². The molecule has 8 aromatic rings. The molecule has 0 spiro atoms. The molecule has 1 aromatic heterocycles. The zero-order valence-corrected chi connectivity index (χ0v) is 33.7. The topological polar surface area (TPSA) is 11.4 Å². The molecule has 0 amide bonds. The van der Waals surface area contributed by atoms with Crippen LogP contribution in [0.1, 0.15) is 76.6 Å². The van der Waals surface area contributed by atoms with Gasteiger partial charge in [-0.2, -0.15) is 0 Å². The lowest BCUT2D eigenvalue weighted by molar-refractivity contribution is 0.332. The van der Waals surface area contributed by atoms with Crippen molar-refractivity contribution in [1.29, 1.82) is 0 Å². The molecular weight excluding hydrogens is 689 g/mol. The Morgan fingerprint density at radius 1 is 0.491 bits per heavy atom. The highest BCUT2D eigenvalue weighted by Crippen LogP contribution is 2.57. The van der Waals surface area contributed by atoms with Crippen molar-refractivity contribution in [1.82, 2.24) is 4.57 Å². The van der Waals surface area contributed by atoms with E-state index in [1.807, 2.05) is 0 Å². The van der Waals surface area contributed by atoms with E-state index in [0.29, 0.717) is 0 Å². The van der Waals surface area contributed by atoms with E-state index in [4.69, 9.17) is 0 Å². The minimum atomic E-state index is -0.155. The Bertz CT molecular complexity index is 2970. The predicted molar refractivity (Wildman–Crippen MR) is 242 cm³/mol. The maximum atomic E-state index is 2.67. The number of benzene rings is 7. The number of hydrogen-bond acceptors (Lipinski definition) is 2. The monoisotopic (exact) mass is 735 g/mol. The highest BCUT2D eigenvalue weighted by molar-refractivity contribution is 6.93. The fourth-order valence-corrected chi connectivity index (χ4v) is 11.4. The number of anilines is 5. The smallest absolute Gasteiger partial charge is 0.333 e. The van der Waals surface area contributed by atoms with Gasteiger partial charge in [0.2, 0.25) is 0 Å². The first-order valence-electron chi connectivity index (χ1n) is 20.8. The van der Waals surface area contributed by atoms with Gasteiger partial charge in [0.15, 0.2) is 0 Å². The third-order valence-corrected chi connectivity index (χ3v) is 14.4. The van der Waals surface area contributed by atoms with E-state index < -0.39 is 0 Å². The number of aromatic nitrogens is 1. The molecule has 0 radical (unpaired) electrons. The predicted octanol–water partition coefficient (Wildman–Crippen LogP) is 12.5. The van der Waals surface area contributed by atoms with Crippen LogP contribution in [0.3, 0.4) is 0 Å². The molecule has 276 valence electrons. The van der Waals surface area contributed by atoms with Gasteiger partial charge < -0.3 is 14.3 Å². The molecule has 4 heterocycles. The summed E-state index contributed by atoms with van der Waals surface area (Å²) in [5, 5.41) is 2.68. The lowest BCUT2D eigenvalue weighted by atomic mass is 9.44. The van der Waals surface area contributed by atoms with Crippen LogP contribution in [0, 0.1) is 0 Å². The summed E-state index contributed by atoms with van der Waals surface area (Å²) in [6.45, 7) is 14.6. The summed E-state index contributed by atoms with van der Waals surface area (Å²) in [7, 11) is 0. The first-order valence-corrected chi connectivity index (χ1v) is 20.8. The molecule has 12 rings (SSSR count). The van der Waals surface area contributed by atoms with Gasteiger partial charge in [-0.05, 0) is 117 Å². The molecule has 7 aromatic carbocycles. The van der Waals surface area contributed by atoms with E-state index in [9.17, 15) is 0 Å². The highest BCUT2D eigenvalue weighted by Gasteiger charge is 2.47. The van der Waals surface area contributed by atoms with Crippen LogP contribution in [-0.4, -0.2) is 11.4 Å². The van der Waals surface area contributed by atoms with Crippen LogP contribution in [0.2, 0.25) is 0 Å². The molecule has 0 fully saturated rings. The summed E-state index contributed by atoms with van der Waals surface area (Å²) in [4.78, 5) is 5.23. The second-order valence-electron chi connectivity index (χ2n) is 18.8. The van der Waals surface area contributed by atoms with Crippen LogP contribution in [0.15, 0.2) is 146 Å². The fourth-order valence-electron chi connectivity index (χ4n) is 11.4. The van der Waals surface area contributed by atoms with Crippen LogP contribution < -0.4 is 20.6 Å². The molecule has 3 nitrogen and oxygen atoms in total. The number of nitrogens with zero attached hydrogens (tertiary/aromatic N) is 3. The van der Waals surface area contributed by atoms with Gasteiger partial charge in [0, 0.05) is 38.8 Å². The van der Waals surface area contributed by atoms with Crippen molar-refractivity contribution in [2.24, 2.45) is 0 Å². The Morgan fingerprint density at radius 3 is 1.74 bits per heavy atom. The first kappa shape index (κ1) is 33.2. The van der Waals surface area contributed by atoms with E-state index in [1.54, 1.807) is 0 Å². The quantitative estimate of drug-likeness (QED) is 0.164. The van der Waals surface area contributed by atoms with Crippen LogP contribution >= 0.6 is 0 Å². The fraction of sp³-hybridized carbons (Fsp3) is 0.208. The summed E-state index contributed by atoms with van der Waals surface area (Å²) in [6, 6.07) is 55.4. The molecule has 0 atom stereocenters. The van der Waals surface area contributed by atoms with Crippen LogP contribution in [-0.2, 0) is 16.2 Å². The third kappa shape index (κ3) is 4.23. The molecule has 0 saturated heterocycles. The van der Waals surface area contributed by atoms with Crippen molar-refractivity contribution in [2.45, 2.75) is 70.6 Å². The average molecular weight is 736 g/mol. The van der Waals surface area contributed by atoms with Gasteiger partial charge in [0.05, 0.1) is 28.1 Å². The summed E-state index contributed by atoms with van der Waals surface area (Å²) in [5.74, 6) is 0. The first-order chi connectivity index (χ1) is 27.6. The Morgan fingerprint density at radius 2 is 1.05 bits per heavy atom. The Balaban J connectivity index is 1.32. The average Bonchev–Trinajstić information content (AvgIpc) is 3.57. The number of hydrogen-bond donors (Lipinski definition) is 0. The SMILES string of the molecule is CC1(C)CCC(C)(C)c2cc3c(cc21)c1c(N2c4ccccc4C(C)(C)c4ccccc42)cc2c4c1n3-c1ccccc1B4N(c1ccccc1)c1ccccc1-2. The van der Waals surface area contributed by atoms with E-state index in [1.165, 1.54) is 113 Å². The van der Waals surface area contributed by atoms with E-state index in [0.717, 1.165) is 0 Å². The normalized spacial score (nSPS) is 17.5. The zero-order valence-electron chi connectivity index (χ0n) is 33.7. The molecule has 0 unspecified atom stereocenters. The van der Waals surface area contributed by atoms with Gasteiger partial charge in [0.1, 0.15) is 0 Å². The van der Waals surface area contributed by atoms with Gasteiger partial charge in [-0.25, -0.2) is 0 Å². The van der Waals surface area contributed by atoms with Crippen molar-refractivity contribution in [2.75, 3.05) is 9.71 Å². The second kappa shape index (κ2) is 11.1. The summed E-state index contributed by atoms with van der Waals surface area (Å²) >= 11 is 0. The van der Waals surface area contributed by atoms with Crippen molar-refractivity contribution >= 4 is 68.0 Å². The van der Waals surface area contributed by atoms with E-state index in [2.05, 4.69) is 201 Å². The van der Waals surface area contributed by atoms with Crippen molar-refractivity contribution in [3.63, 3.8) is 0 Å². The Kier molecular flexibility index (Phi) is 6.46. The van der Waals surface area contributed by atoms with Gasteiger partial charge in [-0.1, -0.05) is 133 Å². The van der Waals surface area contributed by atoms with Crippen molar-refractivity contribution in [3.05, 3.63) is 168 Å². The van der Waals surface area contributed by atoms with Crippen LogP contribution in [0.25, 0.3) is 38.6 Å². The molecule has 0 bridgehead atoms. The van der Waals surface area contributed by atoms with E-state index in [-0.39, 0.29) is 23.1 Å². The maximum Gasteiger partial charge on any atom is 0.333 e. The van der Waals surface area contributed by atoms with Crippen molar-refractivity contribution < 1.29 is 0 Å². The Hall–Kier alpha value is -6.00. The molecule has 4 aliphatic rings. The van der Waals surface area contributed by atoms with Gasteiger partial charge >= 0.3 is 6.85 Å². The van der Waals surface area contributed by atoms with Crippen LogP contribution in [0.5, 0.6) is 0 Å². The second-order valence-corrected chi connectivity index (χ2v) is 18.8. The third-order valence-electron chi connectivity index (χ3n) is 14.4. The summed E-state index contributed by atoms with van der Waals surface area (Å²) in [6.07, 6.45) is 2.35. The van der Waals surface area contributed by atoms with E-state index >= 15 is 0 Å². The summed E-state index contributed by atoms with van der Waals surface area (Å²) < 4.78 is 2.67. The molecular formula is C53H46BN3. The summed E-state index contributed by atoms with van der Waals surface area (Å²) in [5.41, 5.74) is 21.1. The number of fused-ring (bicyclic) bond motifs is 11. The van der Waals surface area contributed by atoms with Gasteiger partial charge in [-0.15, -0.1) is 0 Å². The van der Waals surface area contributed by atoms with Crippen molar-refractivity contribution in [3.8, 4) is 16.8 Å². The Labute approximate surface area is 336 Å². The molecule has 0 saturated carbocycles. The lowest BCUT2D eigenvalue weighted by Gasteiger charge is -2.44. The molecule has 57 heavy (non-hydrogen) atoms. The van der Waals surface area contributed by atoms with Crippen LogP contribution in [0.4, 0.5) is 28.4 Å². The van der Waals surface area contributed by atoms with Gasteiger partial charge in [-0.3, -0.25) is 0 Å². The number of para-hydroxylation sites is 5. The molecule has 3 aliphatic heterocycles. The lowest BCUT2D eigenvalue weighted by Crippen LogP contribution is -2.60. The molecule has 0 N–H and O–H groups in total. The minimum Gasteiger partial charge on any atom is -0.376 e. The highest BCUT2D eigenvalue weighted by atomic mass is 15.2. The minimum absolute atomic E-state index is 0.00997. The standard InChI is InChI=1S/C53H46BN3/c1-51(2)28-29-52(3,4)40-32-46-36(30-39(40)51)48-47(55-43-25-15-11-21-37(43)53(5,6)38-22-12-16-26-44(38)55)31-35-34-20-10-14-24-42(34)57(33-18-8-7-9-19-33)54-41-23-13-17-27-45(41)56(46)50(48)49(35)54/h7-27,30-32H,28-29H2,1-6H3. The molecule has 4 heteroatoms. The maximum absolute atomic E-state index is 2.67. The zero-order chi connectivity index (χ0) is 38.6. The number of rotatable bonds is 2. The molecule has 1 aliphatic carbocycles. The largest absolute Gasteiger partial charge is 0.376 e.